The molecule has 0 spiro atoms. The van der Waals surface area contributed by atoms with Crippen LogP contribution in [0, 0.1) is 0 Å². The fourth-order valence-corrected chi connectivity index (χ4v) is 3.15. The molecule has 0 saturated heterocycles. The fraction of sp³-hybridized carbons (Fsp3) is 0. The first-order valence-electron chi connectivity index (χ1n) is 6.44. The standard InChI is InChI=1S/C15H11ClN4S2/c16-12-9-5-4-8-11(12)13-19-20-15(22-13)18-14(21)17-10-6-2-1-3-7-10/h1-9H,(H2,17,18,20,21). The highest BCUT2D eigenvalue weighted by Crippen LogP contribution is 2.31. The summed E-state index contributed by atoms with van der Waals surface area (Å²) in [4.78, 5) is 0. The minimum Gasteiger partial charge on any atom is -0.332 e. The van der Waals surface area contributed by atoms with E-state index in [4.69, 9.17) is 23.8 Å². The van der Waals surface area contributed by atoms with Gasteiger partial charge in [0.1, 0.15) is 0 Å². The number of rotatable bonds is 3. The van der Waals surface area contributed by atoms with Gasteiger partial charge in [-0.05, 0) is 30.4 Å². The van der Waals surface area contributed by atoms with Crippen molar-refractivity contribution in [3.8, 4) is 10.6 Å². The Morgan fingerprint density at radius 1 is 0.955 bits per heavy atom. The van der Waals surface area contributed by atoms with Gasteiger partial charge in [0.2, 0.25) is 5.13 Å². The van der Waals surface area contributed by atoms with Crippen LogP contribution in [0.25, 0.3) is 10.6 Å². The maximum absolute atomic E-state index is 6.16. The van der Waals surface area contributed by atoms with Gasteiger partial charge >= 0.3 is 0 Å². The van der Waals surface area contributed by atoms with Crippen molar-refractivity contribution in [2.45, 2.75) is 0 Å². The average molecular weight is 347 g/mol. The second-order valence-corrected chi connectivity index (χ2v) is 6.13. The van der Waals surface area contributed by atoms with E-state index in [-0.39, 0.29) is 0 Å². The van der Waals surface area contributed by atoms with Crippen molar-refractivity contribution in [2.75, 3.05) is 10.6 Å². The molecule has 0 aliphatic carbocycles. The summed E-state index contributed by atoms with van der Waals surface area (Å²) < 4.78 is 0. The maximum Gasteiger partial charge on any atom is 0.212 e. The average Bonchev–Trinajstić information content (AvgIpc) is 2.97. The second-order valence-electron chi connectivity index (χ2n) is 4.34. The van der Waals surface area contributed by atoms with Crippen LogP contribution in [0.3, 0.4) is 0 Å². The largest absolute Gasteiger partial charge is 0.332 e. The van der Waals surface area contributed by atoms with E-state index in [1.54, 1.807) is 0 Å². The van der Waals surface area contributed by atoms with Crippen LogP contribution in [0.5, 0.6) is 0 Å². The Labute approximate surface area is 142 Å². The van der Waals surface area contributed by atoms with Crippen molar-refractivity contribution >= 4 is 51.1 Å². The van der Waals surface area contributed by atoms with E-state index in [9.17, 15) is 0 Å². The SMILES string of the molecule is S=C(Nc1ccccc1)Nc1nnc(-c2ccccc2Cl)s1. The molecule has 0 saturated carbocycles. The third-order valence-corrected chi connectivity index (χ3v) is 4.19. The summed E-state index contributed by atoms with van der Waals surface area (Å²) in [6.07, 6.45) is 0. The summed E-state index contributed by atoms with van der Waals surface area (Å²) in [7, 11) is 0. The molecular formula is C15H11ClN4S2. The van der Waals surface area contributed by atoms with E-state index in [0.29, 0.717) is 15.3 Å². The lowest BCUT2D eigenvalue weighted by molar-refractivity contribution is 1.10. The summed E-state index contributed by atoms with van der Waals surface area (Å²) in [6.45, 7) is 0. The molecule has 3 aromatic rings. The van der Waals surface area contributed by atoms with Crippen LogP contribution in [-0.4, -0.2) is 15.3 Å². The highest BCUT2D eigenvalue weighted by molar-refractivity contribution is 7.80. The van der Waals surface area contributed by atoms with Crippen molar-refractivity contribution in [2.24, 2.45) is 0 Å². The van der Waals surface area contributed by atoms with Crippen LogP contribution in [-0.2, 0) is 0 Å². The van der Waals surface area contributed by atoms with Crippen molar-refractivity contribution in [1.29, 1.82) is 0 Å². The first-order chi connectivity index (χ1) is 10.7. The predicted molar refractivity (Wildman–Crippen MR) is 96.6 cm³/mol. The molecule has 1 heterocycles. The van der Waals surface area contributed by atoms with E-state index >= 15 is 0 Å². The van der Waals surface area contributed by atoms with Gasteiger partial charge in [-0.25, -0.2) is 0 Å². The van der Waals surface area contributed by atoms with Gasteiger partial charge in [-0.2, -0.15) is 0 Å². The van der Waals surface area contributed by atoms with E-state index < -0.39 is 0 Å². The van der Waals surface area contributed by atoms with Crippen molar-refractivity contribution in [3.63, 3.8) is 0 Å². The van der Waals surface area contributed by atoms with E-state index in [2.05, 4.69) is 20.8 Å². The smallest absolute Gasteiger partial charge is 0.212 e. The zero-order chi connectivity index (χ0) is 15.4. The monoisotopic (exact) mass is 346 g/mol. The fourth-order valence-electron chi connectivity index (χ4n) is 1.80. The number of nitrogens with zero attached hydrogens (tertiary/aromatic N) is 2. The minimum absolute atomic E-state index is 0.466. The van der Waals surface area contributed by atoms with Crippen LogP contribution in [0.15, 0.2) is 54.6 Å². The summed E-state index contributed by atoms with van der Waals surface area (Å²) in [5, 5.41) is 16.8. The topological polar surface area (TPSA) is 49.8 Å². The van der Waals surface area contributed by atoms with Crippen LogP contribution in [0.1, 0.15) is 0 Å². The third-order valence-electron chi connectivity index (χ3n) is 2.78. The lowest BCUT2D eigenvalue weighted by Gasteiger charge is -2.07. The molecule has 22 heavy (non-hydrogen) atoms. The van der Waals surface area contributed by atoms with Crippen LogP contribution < -0.4 is 10.6 Å². The van der Waals surface area contributed by atoms with Crippen molar-refractivity contribution < 1.29 is 0 Å². The molecule has 0 aliphatic heterocycles. The van der Waals surface area contributed by atoms with E-state index in [0.717, 1.165) is 16.3 Å². The normalized spacial score (nSPS) is 10.2. The number of benzene rings is 2. The van der Waals surface area contributed by atoms with Crippen LogP contribution >= 0.6 is 35.2 Å². The Bertz CT molecular complexity index is 789. The highest BCUT2D eigenvalue weighted by atomic mass is 35.5. The van der Waals surface area contributed by atoms with E-state index in [1.807, 2.05) is 54.6 Å². The molecule has 0 atom stereocenters. The lowest BCUT2D eigenvalue weighted by atomic mass is 10.2. The van der Waals surface area contributed by atoms with Gasteiger partial charge in [0, 0.05) is 11.3 Å². The zero-order valence-electron chi connectivity index (χ0n) is 11.3. The van der Waals surface area contributed by atoms with Gasteiger partial charge in [-0.1, -0.05) is 59.3 Å². The third kappa shape index (κ3) is 3.59. The molecule has 3 rings (SSSR count). The van der Waals surface area contributed by atoms with Gasteiger partial charge in [0.15, 0.2) is 10.1 Å². The zero-order valence-corrected chi connectivity index (χ0v) is 13.7. The summed E-state index contributed by atoms with van der Waals surface area (Å²) in [5.74, 6) is 0. The molecule has 0 unspecified atom stereocenters. The molecule has 1 aromatic heterocycles. The van der Waals surface area contributed by atoms with Gasteiger partial charge in [0.05, 0.1) is 5.02 Å². The van der Waals surface area contributed by atoms with Gasteiger partial charge in [-0.3, -0.25) is 0 Å². The summed E-state index contributed by atoms with van der Waals surface area (Å²) in [6, 6.07) is 17.2. The quantitative estimate of drug-likeness (QED) is 0.675. The molecule has 0 fully saturated rings. The van der Waals surface area contributed by atoms with Crippen molar-refractivity contribution in [1.82, 2.24) is 10.2 Å². The summed E-state index contributed by atoms with van der Waals surface area (Å²) in [5.41, 5.74) is 1.77. The number of halogens is 1. The molecule has 0 bridgehead atoms. The summed E-state index contributed by atoms with van der Waals surface area (Å²) >= 11 is 12.8. The van der Waals surface area contributed by atoms with E-state index in [1.165, 1.54) is 11.3 Å². The number of aromatic nitrogens is 2. The minimum atomic E-state index is 0.466. The van der Waals surface area contributed by atoms with Gasteiger partial charge in [0.25, 0.3) is 0 Å². The molecule has 4 nitrogen and oxygen atoms in total. The molecule has 7 heteroatoms. The maximum atomic E-state index is 6.16. The van der Waals surface area contributed by atoms with Crippen LogP contribution in [0.2, 0.25) is 5.02 Å². The molecule has 0 aliphatic rings. The molecule has 0 radical (unpaired) electrons. The molecular weight excluding hydrogens is 336 g/mol. The Morgan fingerprint density at radius 2 is 1.68 bits per heavy atom. The molecule has 2 aromatic carbocycles. The number of thiocarbonyl (C=S) groups is 1. The number of hydrogen-bond acceptors (Lipinski definition) is 4. The first kappa shape index (κ1) is 14.9. The number of nitrogens with one attached hydrogen (secondary N) is 2. The number of anilines is 2. The Hall–Kier alpha value is -2.02. The predicted octanol–water partition coefficient (Wildman–Crippen LogP) is 4.67. The molecule has 2 N–H and O–H groups in total. The number of para-hydroxylation sites is 1. The number of hydrogen-bond donors (Lipinski definition) is 2. The molecule has 110 valence electrons. The highest BCUT2D eigenvalue weighted by Gasteiger charge is 2.10. The Morgan fingerprint density at radius 3 is 2.45 bits per heavy atom. The Balaban J connectivity index is 1.70. The van der Waals surface area contributed by atoms with Gasteiger partial charge in [-0.15, -0.1) is 10.2 Å². The van der Waals surface area contributed by atoms with Crippen LogP contribution in [0.4, 0.5) is 10.8 Å². The molecule has 0 amide bonds. The lowest BCUT2D eigenvalue weighted by Crippen LogP contribution is -2.18. The van der Waals surface area contributed by atoms with Gasteiger partial charge < -0.3 is 10.6 Å². The Kier molecular flexibility index (Phi) is 4.62. The first-order valence-corrected chi connectivity index (χ1v) is 8.04. The second kappa shape index (κ2) is 6.83. The van der Waals surface area contributed by atoms with Crippen molar-refractivity contribution in [3.05, 3.63) is 59.6 Å².